The van der Waals surface area contributed by atoms with Crippen molar-refractivity contribution in [2.75, 3.05) is 13.7 Å². The van der Waals surface area contributed by atoms with Crippen LogP contribution in [0.4, 0.5) is 0 Å². The van der Waals surface area contributed by atoms with Crippen molar-refractivity contribution in [3.05, 3.63) is 53.9 Å². The number of benzene rings is 1. The summed E-state index contributed by atoms with van der Waals surface area (Å²) >= 11 is 0. The zero-order chi connectivity index (χ0) is 28.0. The lowest BCUT2D eigenvalue weighted by atomic mass is 10.0. The molecule has 1 heterocycles. The molecule has 2 rings (SSSR count). The first-order chi connectivity index (χ1) is 19.2. The van der Waals surface area contributed by atoms with Gasteiger partial charge in [0.25, 0.3) is 0 Å². The van der Waals surface area contributed by atoms with Crippen molar-refractivity contribution < 1.29 is 42.8 Å². The number of nitrogens with zero attached hydrogens (tertiary/aromatic N) is 1. The number of halogens is 1. The lowest BCUT2D eigenvalue weighted by molar-refractivity contribution is -0.697. The van der Waals surface area contributed by atoms with Crippen molar-refractivity contribution in [2.24, 2.45) is 0 Å². The highest BCUT2D eigenvalue weighted by atomic mass is 127. The molecule has 1 aromatic carbocycles. The predicted molar refractivity (Wildman–Crippen MR) is 161 cm³/mol. The van der Waals surface area contributed by atoms with Crippen LogP contribution in [-0.4, -0.2) is 19.6 Å². The van der Waals surface area contributed by atoms with E-state index < -0.39 is 0 Å². The molecule has 0 radical (unpaired) electrons. The molecule has 0 bridgehead atoms. The number of nitrogens with one attached hydrogen (secondary N) is 1. The van der Waals surface area contributed by atoms with Crippen molar-refractivity contribution in [3.63, 3.8) is 0 Å². The van der Waals surface area contributed by atoms with Crippen LogP contribution in [0.25, 0.3) is 0 Å². The van der Waals surface area contributed by atoms with E-state index in [0.717, 1.165) is 42.9 Å². The highest BCUT2D eigenvalue weighted by molar-refractivity contribution is 5.79. The van der Waals surface area contributed by atoms with Crippen LogP contribution in [-0.2, 0) is 24.3 Å². The molecule has 0 aliphatic heterocycles. The van der Waals surface area contributed by atoms with Crippen LogP contribution in [0, 0.1) is 0 Å². The number of pyridine rings is 1. The van der Waals surface area contributed by atoms with Crippen LogP contribution in [0.15, 0.2) is 42.7 Å². The molecule has 2 aromatic rings. The fraction of sp³-hybridized carbons (Fsp3) is 0.647. The first kappa shape index (κ1) is 36.2. The number of carbonyl (C=O) groups is 1. The number of methoxy groups -OCH3 is 1. The minimum atomic E-state index is -0.0183. The minimum absolute atomic E-state index is 0. The molecule has 0 atom stereocenters. The van der Waals surface area contributed by atoms with Crippen LogP contribution in [0.1, 0.15) is 121 Å². The first-order valence-corrected chi connectivity index (χ1v) is 15.7. The molecule has 0 fully saturated rings. The molecule has 0 unspecified atom stereocenters. The topological polar surface area (TPSA) is 51.4 Å². The second-order valence-corrected chi connectivity index (χ2v) is 10.8. The molecule has 0 spiro atoms. The van der Waals surface area contributed by atoms with Gasteiger partial charge in [-0.2, -0.15) is 0 Å². The van der Waals surface area contributed by atoms with Gasteiger partial charge < -0.3 is 38.8 Å². The van der Waals surface area contributed by atoms with E-state index in [1.165, 1.54) is 83.5 Å². The summed E-state index contributed by atoms with van der Waals surface area (Å²) in [5.41, 5.74) is 1.96. The van der Waals surface area contributed by atoms with Gasteiger partial charge in [-0.1, -0.05) is 103 Å². The summed E-state index contributed by atoms with van der Waals surface area (Å²) in [4.78, 5) is 12.6. The van der Waals surface area contributed by atoms with Gasteiger partial charge in [-0.25, -0.2) is 4.57 Å². The Labute approximate surface area is 261 Å². The molecule has 0 saturated carbocycles. The van der Waals surface area contributed by atoms with Gasteiger partial charge in [0.1, 0.15) is 18.0 Å². The molecule has 0 saturated heterocycles. The van der Waals surface area contributed by atoms with E-state index in [-0.39, 0.29) is 36.3 Å². The Morgan fingerprint density at radius 1 is 0.825 bits per heavy atom. The molecule has 226 valence electrons. The standard InChI is InChI=1S/C34H54N2O3.HI/c1-4-6-7-8-9-10-11-12-13-14-15-16-17-18-25-39-32-22-21-31(33(27-32)38-3)26-34(37)35-28-30-20-19-24-36(29-30)23-5-2;/h19-22,24,27,29H,4-18,23,25-26,28H2,1-3H3;1H. The third-order valence-electron chi connectivity index (χ3n) is 7.27. The van der Waals surface area contributed by atoms with Gasteiger partial charge in [-0.15, -0.1) is 0 Å². The average Bonchev–Trinajstić information content (AvgIpc) is 2.95. The van der Waals surface area contributed by atoms with Gasteiger partial charge in [0, 0.05) is 36.2 Å². The van der Waals surface area contributed by atoms with Gasteiger partial charge in [0.2, 0.25) is 5.91 Å². The number of unbranched alkanes of at least 4 members (excludes halogenated alkanes) is 13. The molecule has 0 aliphatic rings. The highest BCUT2D eigenvalue weighted by Crippen LogP contribution is 2.25. The summed E-state index contributed by atoms with van der Waals surface area (Å²) in [6.07, 6.45) is 24.5. The minimum Gasteiger partial charge on any atom is -1.00 e. The van der Waals surface area contributed by atoms with E-state index in [0.29, 0.717) is 12.3 Å². The number of aryl methyl sites for hydroxylation is 1. The first-order valence-electron chi connectivity index (χ1n) is 15.7. The summed E-state index contributed by atoms with van der Waals surface area (Å²) in [5, 5.41) is 3.03. The number of aromatic nitrogens is 1. The molecular weight excluding hydrogens is 611 g/mol. The summed E-state index contributed by atoms with van der Waals surface area (Å²) in [6, 6.07) is 9.85. The van der Waals surface area contributed by atoms with Gasteiger partial charge in [0.15, 0.2) is 12.4 Å². The van der Waals surface area contributed by atoms with Crippen molar-refractivity contribution in [3.8, 4) is 11.5 Å². The number of rotatable bonds is 23. The van der Waals surface area contributed by atoms with E-state index in [1.54, 1.807) is 7.11 Å². The number of hydrogen-bond donors (Lipinski definition) is 1. The Kier molecular flexibility index (Phi) is 21.6. The highest BCUT2D eigenvalue weighted by Gasteiger charge is 2.11. The van der Waals surface area contributed by atoms with E-state index >= 15 is 0 Å². The van der Waals surface area contributed by atoms with Crippen LogP contribution < -0.4 is 43.3 Å². The Morgan fingerprint density at radius 2 is 1.45 bits per heavy atom. The fourth-order valence-electron chi connectivity index (χ4n) is 4.96. The maximum atomic E-state index is 12.6. The lowest BCUT2D eigenvalue weighted by Gasteiger charge is -2.12. The second kappa shape index (κ2) is 23.8. The Bertz CT molecular complexity index is 922. The van der Waals surface area contributed by atoms with Crippen LogP contribution in [0.5, 0.6) is 11.5 Å². The van der Waals surface area contributed by atoms with Crippen LogP contribution in [0.2, 0.25) is 0 Å². The molecule has 1 aromatic heterocycles. The maximum absolute atomic E-state index is 12.6. The number of carbonyl (C=O) groups excluding carboxylic acids is 1. The van der Waals surface area contributed by atoms with E-state index in [9.17, 15) is 4.79 Å². The van der Waals surface area contributed by atoms with Gasteiger partial charge in [-0.05, 0) is 18.6 Å². The smallest absolute Gasteiger partial charge is 0.224 e. The summed E-state index contributed by atoms with van der Waals surface area (Å²) in [5.74, 6) is 1.48. The monoisotopic (exact) mass is 666 g/mol. The van der Waals surface area contributed by atoms with E-state index in [2.05, 4.69) is 36.1 Å². The average molecular weight is 667 g/mol. The van der Waals surface area contributed by atoms with Crippen molar-refractivity contribution in [1.29, 1.82) is 0 Å². The molecule has 1 N–H and O–H groups in total. The lowest BCUT2D eigenvalue weighted by Crippen LogP contribution is -3.00. The zero-order valence-electron chi connectivity index (χ0n) is 25.5. The largest absolute Gasteiger partial charge is 1.00 e. The number of ether oxygens (including phenoxy) is 2. The van der Waals surface area contributed by atoms with E-state index in [1.807, 2.05) is 30.3 Å². The number of hydrogen-bond acceptors (Lipinski definition) is 3. The quantitative estimate of drug-likeness (QED) is 0.102. The predicted octanol–water partition coefficient (Wildman–Crippen LogP) is 5.12. The van der Waals surface area contributed by atoms with Crippen molar-refractivity contribution in [2.45, 2.75) is 130 Å². The molecule has 6 heteroatoms. The third-order valence-corrected chi connectivity index (χ3v) is 7.27. The van der Waals surface area contributed by atoms with Crippen molar-refractivity contribution >= 4 is 5.91 Å². The Morgan fingerprint density at radius 3 is 2.05 bits per heavy atom. The number of amides is 1. The van der Waals surface area contributed by atoms with Crippen LogP contribution in [0.3, 0.4) is 0 Å². The Balaban J connectivity index is 0.00000800. The second-order valence-electron chi connectivity index (χ2n) is 10.8. The van der Waals surface area contributed by atoms with Crippen LogP contribution >= 0.6 is 0 Å². The molecule has 40 heavy (non-hydrogen) atoms. The molecule has 1 amide bonds. The van der Waals surface area contributed by atoms with Gasteiger partial charge in [-0.3, -0.25) is 4.79 Å². The summed E-state index contributed by atoms with van der Waals surface area (Å²) in [6.45, 7) is 6.66. The molecule has 5 nitrogen and oxygen atoms in total. The molecular formula is C34H55IN2O3. The maximum Gasteiger partial charge on any atom is 0.224 e. The summed E-state index contributed by atoms with van der Waals surface area (Å²) in [7, 11) is 1.64. The van der Waals surface area contributed by atoms with Gasteiger partial charge >= 0.3 is 0 Å². The Hall–Kier alpha value is -1.83. The fourth-order valence-corrected chi connectivity index (χ4v) is 4.96. The third kappa shape index (κ3) is 16.4. The molecule has 0 aliphatic carbocycles. The SMILES string of the molecule is CCCCCCCCCCCCCCCCOc1ccc(CC(=O)NCc2ccc[n+](CCC)c2)c(OC)c1.[I-]. The summed E-state index contributed by atoms with van der Waals surface area (Å²) < 4.78 is 13.7. The van der Waals surface area contributed by atoms with Gasteiger partial charge in [0.05, 0.1) is 20.1 Å². The zero-order valence-corrected chi connectivity index (χ0v) is 27.7. The van der Waals surface area contributed by atoms with E-state index in [4.69, 9.17) is 9.47 Å². The normalized spacial score (nSPS) is 10.7. The van der Waals surface area contributed by atoms with Crippen molar-refractivity contribution in [1.82, 2.24) is 5.32 Å².